The summed E-state index contributed by atoms with van der Waals surface area (Å²) >= 11 is 0. The standard InChI is InChI=1S/C19H36N4O3/c1-8-14(6)16(21-17(24)12(2)3)18(25)22-9-10-23(15(7)11-22)19(26)20-13(4)5/h12-16H,8-11H2,1-7H3,(H,20,26)(H,21,24). The van der Waals surface area contributed by atoms with Gasteiger partial charge in [0, 0.05) is 37.6 Å². The van der Waals surface area contributed by atoms with Crippen molar-refractivity contribution in [1.29, 1.82) is 0 Å². The Bertz CT molecular complexity index is 507. The predicted octanol–water partition coefficient (Wildman–Crippen LogP) is 1.82. The first-order valence-corrected chi connectivity index (χ1v) is 9.74. The van der Waals surface area contributed by atoms with Gasteiger partial charge in [0.1, 0.15) is 6.04 Å². The molecule has 0 radical (unpaired) electrons. The normalized spacial score (nSPS) is 20.1. The number of carbonyl (C=O) groups is 3. The zero-order valence-corrected chi connectivity index (χ0v) is 17.3. The Morgan fingerprint density at radius 1 is 1.04 bits per heavy atom. The van der Waals surface area contributed by atoms with Gasteiger partial charge in [-0.3, -0.25) is 9.59 Å². The maximum Gasteiger partial charge on any atom is 0.317 e. The second-order valence-corrected chi connectivity index (χ2v) is 7.96. The average Bonchev–Trinajstić information content (AvgIpc) is 2.57. The smallest absolute Gasteiger partial charge is 0.317 e. The van der Waals surface area contributed by atoms with Crippen LogP contribution >= 0.6 is 0 Å². The molecule has 0 aromatic carbocycles. The van der Waals surface area contributed by atoms with Gasteiger partial charge >= 0.3 is 6.03 Å². The van der Waals surface area contributed by atoms with Gasteiger partial charge in [-0.1, -0.05) is 34.1 Å². The fourth-order valence-corrected chi connectivity index (χ4v) is 2.99. The molecule has 1 rings (SSSR count). The molecule has 3 unspecified atom stereocenters. The second kappa shape index (κ2) is 9.78. The lowest BCUT2D eigenvalue weighted by molar-refractivity contribution is -0.140. The number of rotatable bonds is 6. The molecule has 7 nitrogen and oxygen atoms in total. The van der Waals surface area contributed by atoms with Gasteiger partial charge < -0.3 is 20.4 Å². The van der Waals surface area contributed by atoms with E-state index in [0.717, 1.165) is 6.42 Å². The first-order chi connectivity index (χ1) is 12.1. The van der Waals surface area contributed by atoms with Crippen molar-refractivity contribution in [1.82, 2.24) is 20.4 Å². The van der Waals surface area contributed by atoms with Crippen LogP contribution in [-0.4, -0.2) is 65.4 Å². The molecule has 26 heavy (non-hydrogen) atoms. The molecule has 1 heterocycles. The van der Waals surface area contributed by atoms with Gasteiger partial charge in [0.2, 0.25) is 11.8 Å². The lowest BCUT2D eigenvalue weighted by Gasteiger charge is -2.41. The number of hydrogen-bond donors (Lipinski definition) is 2. The summed E-state index contributed by atoms with van der Waals surface area (Å²) in [6.07, 6.45) is 0.807. The Labute approximate surface area is 157 Å². The molecule has 1 fully saturated rings. The summed E-state index contributed by atoms with van der Waals surface area (Å²) in [5, 5.41) is 5.82. The minimum Gasteiger partial charge on any atom is -0.344 e. The van der Waals surface area contributed by atoms with E-state index in [2.05, 4.69) is 10.6 Å². The molecule has 1 saturated heterocycles. The van der Waals surface area contributed by atoms with Crippen molar-refractivity contribution in [3.8, 4) is 0 Å². The number of hydrogen-bond acceptors (Lipinski definition) is 3. The van der Waals surface area contributed by atoms with Crippen molar-refractivity contribution in [3.63, 3.8) is 0 Å². The summed E-state index contributed by atoms with van der Waals surface area (Å²) in [7, 11) is 0. The third-order valence-corrected chi connectivity index (χ3v) is 4.91. The second-order valence-electron chi connectivity index (χ2n) is 7.96. The molecule has 7 heteroatoms. The van der Waals surface area contributed by atoms with E-state index in [1.165, 1.54) is 0 Å². The van der Waals surface area contributed by atoms with Gasteiger partial charge in [0.15, 0.2) is 0 Å². The molecule has 2 N–H and O–H groups in total. The van der Waals surface area contributed by atoms with Crippen LogP contribution in [0.25, 0.3) is 0 Å². The van der Waals surface area contributed by atoms with Crippen molar-refractivity contribution in [2.75, 3.05) is 19.6 Å². The summed E-state index contributed by atoms with van der Waals surface area (Å²) in [5.41, 5.74) is 0. The Morgan fingerprint density at radius 2 is 1.65 bits per heavy atom. The first kappa shape index (κ1) is 22.3. The van der Waals surface area contributed by atoms with Gasteiger partial charge in [-0.2, -0.15) is 0 Å². The van der Waals surface area contributed by atoms with Crippen molar-refractivity contribution < 1.29 is 14.4 Å². The van der Waals surface area contributed by atoms with Crippen molar-refractivity contribution in [2.24, 2.45) is 11.8 Å². The van der Waals surface area contributed by atoms with Crippen LogP contribution in [0.1, 0.15) is 54.9 Å². The highest BCUT2D eigenvalue weighted by Gasteiger charge is 2.35. The molecule has 0 saturated carbocycles. The summed E-state index contributed by atoms with van der Waals surface area (Å²) in [4.78, 5) is 41.0. The highest BCUT2D eigenvalue weighted by Crippen LogP contribution is 2.16. The molecule has 0 spiro atoms. The van der Waals surface area contributed by atoms with E-state index in [0.29, 0.717) is 19.6 Å². The Morgan fingerprint density at radius 3 is 2.12 bits per heavy atom. The minimum absolute atomic E-state index is 0.0517. The quantitative estimate of drug-likeness (QED) is 0.750. The SMILES string of the molecule is CCC(C)C(NC(=O)C(C)C)C(=O)N1CCN(C(=O)NC(C)C)C(C)C1. The molecule has 3 atom stereocenters. The monoisotopic (exact) mass is 368 g/mol. The van der Waals surface area contributed by atoms with E-state index >= 15 is 0 Å². The van der Waals surface area contributed by atoms with Gasteiger partial charge in [-0.05, 0) is 26.7 Å². The average molecular weight is 369 g/mol. The fraction of sp³-hybridized carbons (Fsp3) is 0.842. The number of nitrogens with one attached hydrogen (secondary N) is 2. The lowest BCUT2D eigenvalue weighted by Crippen LogP contribution is -2.61. The van der Waals surface area contributed by atoms with Crippen LogP contribution in [0.5, 0.6) is 0 Å². The lowest BCUT2D eigenvalue weighted by atomic mass is 9.96. The molecule has 0 bridgehead atoms. The topological polar surface area (TPSA) is 81.8 Å². The van der Waals surface area contributed by atoms with Gasteiger partial charge in [-0.25, -0.2) is 4.79 Å². The minimum atomic E-state index is -0.516. The first-order valence-electron chi connectivity index (χ1n) is 9.74. The summed E-state index contributed by atoms with van der Waals surface area (Å²) in [5.74, 6) is -0.261. The van der Waals surface area contributed by atoms with Gasteiger partial charge in [-0.15, -0.1) is 0 Å². The highest BCUT2D eigenvalue weighted by molar-refractivity contribution is 5.88. The molecule has 4 amide bonds. The van der Waals surface area contributed by atoms with Gasteiger partial charge in [0.05, 0.1) is 0 Å². The van der Waals surface area contributed by atoms with Crippen molar-refractivity contribution >= 4 is 17.8 Å². The number of urea groups is 1. The molecule has 150 valence electrons. The summed E-state index contributed by atoms with van der Waals surface area (Å²) in [6.45, 7) is 14.9. The molecule has 0 aromatic heterocycles. The van der Waals surface area contributed by atoms with E-state index in [1.54, 1.807) is 9.80 Å². The zero-order chi connectivity index (χ0) is 20.0. The third-order valence-electron chi connectivity index (χ3n) is 4.91. The number of carbonyl (C=O) groups excluding carboxylic acids is 3. The maximum absolute atomic E-state index is 13.0. The van der Waals surface area contributed by atoms with E-state index in [4.69, 9.17) is 0 Å². The highest BCUT2D eigenvalue weighted by atomic mass is 16.2. The molecule has 0 aromatic rings. The number of nitrogens with zero attached hydrogens (tertiary/aromatic N) is 2. The van der Waals surface area contributed by atoms with Crippen molar-refractivity contribution in [2.45, 2.75) is 73.0 Å². The predicted molar refractivity (Wildman–Crippen MR) is 103 cm³/mol. The van der Waals surface area contributed by atoms with Crippen LogP contribution in [0, 0.1) is 11.8 Å². The Hall–Kier alpha value is -1.79. The molecular formula is C19H36N4O3. The largest absolute Gasteiger partial charge is 0.344 e. The molecule has 1 aliphatic rings. The molecule has 1 aliphatic heterocycles. The maximum atomic E-state index is 13.0. The van der Waals surface area contributed by atoms with E-state index < -0.39 is 6.04 Å². The van der Waals surface area contributed by atoms with Crippen LogP contribution < -0.4 is 10.6 Å². The summed E-state index contributed by atoms with van der Waals surface area (Å²) in [6, 6.07) is -0.593. The van der Waals surface area contributed by atoms with E-state index in [9.17, 15) is 14.4 Å². The van der Waals surface area contributed by atoms with Crippen LogP contribution in [0.3, 0.4) is 0 Å². The van der Waals surface area contributed by atoms with Crippen molar-refractivity contribution in [3.05, 3.63) is 0 Å². The molecular weight excluding hydrogens is 332 g/mol. The molecule has 0 aliphatic carbocycles. The zero-order valence-electron chi connectivity index (χ0n) is 17.3. The van der Waals surface area contributed by atoms with Gasteiger partial charge in [0.25, 0.3) is 0 Å². The summed E-state index contributed by atoms with van der Waals surface area (Å²) < 4.78 is 0. The van der Waals surface area contributed by atoms with E-state index in [1.807, 2.05) is 48.5 Å². The van der Waals surface area contributed by atoms with Crippen LogP contribution in [0.2, 0.25) is 0 Å². The fourth-order valence-electron chi connectivity index (χ4n) is 2.99. The Balaban J connectivity index is 2.79. The van der Waals surface area contributed by atoms with Crippen LogP contribution in [-0.2, 0) is 9.59 Å². The van der Waals surface area contributed by atoms with Crippen LogP contribution in [0.4, 0.5) is 4.79 Å². The third kappa shape index (κ3) is 5.88. The number of piperazine rings is 1. The number of amides is 4. The Kier molecular flexibility index (Phi) is 8.37. The van der Waals surface area contributed by atoms with Crippen LogP contribution in [0.15, 0.2) is 0 Å². The van der Waals surface area contributed by atoms with E-state index in [-0.39, 0.29) is 41.8 Å².